The summed E-state index contributed by atoms with van der Waals surface area (Å²) in [5.74, 6) is 4.64. The normalized spacial score (nSPS) is 47.6. The summed E-state index contributed by atoms with van der Waals surface area (Å²) in [7, 11) is 0. The van der Waals surface area contributed by atoms with Crippen molar-refractivity contribution in [1.29, 1.82) is 0 Å². The van der Waals surface area contributed by atoms with Gasteiger partial charge in [0, 0.05) is 0 Å². The highest BCUT2D eigenvalue weighted by Crippen LogP contribution is 2.67. The number of unbranched alkanes of at least 4 members (excludes halogenated alkanes) is 2. The predicted octanol–water partition coefficient (Wildman–Crippen LogP) is 7.14. The molecule has 0 radical (unpaired) electrons. The van der Waals surface area contributed by atoms with Crippen molar-refractivity contribution in [1.82, 2.24) is 0 Å². The van der Waals surface area contributed by atoms with Gasteiger partial charge in [0.15, 0.2) is 0 Å². The van der Waals surface area contributed by atoms with Gasteiger partial charge in [0.2, 0.25) is 0 Å². The lowest BCUT2D eigenvalue weighted by molar-refractivity contribution is -0.0572. The highest BCUT2D eigenvalue weighted by atomic mass is 16.3. The van der Waals surface area contributed by atoms with Crippen molar-refractivity contribution in [2.45, 2.75) is 111 Å². The number of fused-ring (bicyclic) bond motifs is 5. The fraction of sp³-hybridized carbons (Fsp3) is 0.923. The monoisotopic (exact) mass is 372 g/mol. The van der Waals surface area contributed by atoms with Gasteiger partial charge < -0.3 is 5.11 Å². The van der Waals surface area contributed by atoms with Gasteiger partial charge in [-0.25, -0.2) is 0 Å². The first-order valence-corrected chi connectivity index (χ1v) is 12.3. The van der Waals surface area contributed by atoms with Crippen LogP contribution in [0.5, 0.6) is 0 Å². The van der Waals surface area contributed by atoms with Crippen LogP contribution >= 0.6 is 0 Å². The van der Waals surface area contributed by atoms with Crippen LogP contribution in [-0.4, -0.2) is 11.2 Å². The van der Waals surface area contributed by atoms with Crippen LogP contribution in [0.3, 0.4) is 0 Å². The zero-order chi connectivity index (χ0) is 19.2. The summed E-state index contributed by atoms with van der Waals surface area (Å²) in [6.07, 6.45) is 18.6. The Labute approximate surface area is 168 Å². The molecule has 0 aliphatic heterocycles. The predicted molar refractivity (Wildman–Crippen MR) is 115 cm³/mol. The molecule has 0 amide bonds. The highest BCUT2D eigenvalue weighted by Gasteiger charge is 2.58. The summed E-state index contributed by atoms with van der Waals surface area (Å²) >= 11 is 0. The summed E-state index contributed by atoms with van der Waals surface area (Å²) in [5.41, 5.74) is 2.62. The first-order chi connectivity index (χ1) is 12.9. The Kier molecular flexibility index (Phi) is 5.56. The molecule has 4 aliphatic carbocycles. The molecule has 27 heavy (non-hydrogen) atoms. The third kappa shape index (κ3) is 3.24. The van der Waals surface area contributed by atoms with E-state index in [4.69, 9.17) is 0 Å². The summed E-state index contributed by atoms with van der Waals surface area (Å²) in [4.78, 5) is 0. The maximum absolute atomic E-state index is 10.2. The molecule has 0 heterocycles. The molecule has 0 spiro atoms. The standard InChI is InChI=1S/C26H44O/c1-5-6-7-8-18(2)22-11-12-23-21-10-9-19-17-20(27)13-15-25(19,3)24(21)14-16-26(22,23)4/h9,18,20-24,27H,5-8,10-17H2,1-4H3/t18-,20?,21+,22-,23+,24+,25+,26-/m1/s1. The SMILES string of the molecule is CCCCC[C@@H](C)[C@H]1CC[C@H]2[C@@H]3CC=C4CC(O)CC[C@]4(C)[C@H]3CC[C@]12C. The van der Waals surface area contributed by atoms with Gasteiger partial charge in [-0.3, -0.25) is 0 Å². The molecule has 1 N–H and O–H groups in total. The summed E-state index contributed by atoms with van der Waals surface area (Å²) in [6, 6.07) is 0. The van der Waals surface area contributed by atoms with E-state index in [2.05, 4.69) is 33.8 Å². The number of aliphatic hydroxyl groups excluding tert-OH is 1. The van der Waals surface area contributed by atoms with Gasteiger partial charge in [0.25, 0.3) is 0 Å². The fourth-order valence-electron chi connectivity index (χ4n) is 8.53. The molecule has 8 atom stereocenters. The van der Waals surface area contributed by atoms with Gasteiger partial charge in [-0.05, 0) is 91.8 Å². The summed E-state index contributed by atoms with van der Waals surface area (Å²) in [6.45, 7) is 10.1. The first-order valence-electron chi connectivity index (χ1n) is 12.3. The van der Waals surface area contributed by atoms with Gasteiger partial charge in [0.1, 0.15) is 0 Å². The Morgan fingerprint density at radius 2 is 1.89 bits per heavy atom. The molecular formula is C26H44O. The smallest absolute Gasteiger partial charge is 0.0577 e. The maximum Gasteiger partial charge on any atom is 0.0577 e. The molecule has 154 valence electrons. The minimum atomic E-state index is -0.0745. The van der Waals surface area contributed by atoms with Crippen LogP contribution in [0.4, 0.5) is 0 Å². The van der Waals surface area contributed by atoms with Crippen molar-refractivity contribution in [3.8, 4) is 0 Å². The number of hydrogen-bond acceptors (Lipinski definition) is 1. The van der Waals surface area contributed by atoms with E-state index in [1.807, 2.05) is 0 Å². The van der Waals surface area contributed by atoms with Crippen LogP contribution in [0.15, 0.2) is 11.6 Å². The Balaban J connectivity index is 1.52. The fourth-order valence-corrected chi connectivity index (χ4v) is 8.53. The van der Waals surface area contributed by atoms with Gasteiger partial charge in [-0.15, -0.1) is 0 Å². The van der Waals surface area contributed by atoms with Crippen molar-refractivity contribution in [3.63, 3.8) is 0 Å². The molecular weight excluding hydrogens is 328 g/mol. The Hall–Kier alpha value is -0.300. The molecule has 1 unspecified atom stereocenters. The molecule has 3 fully saturated rings. The highest BCUT2D eigenvalue weighted by molar-refractivity contribution is 5.25. The second-order valence-electron chi connectivity index (χ2n) is 11.4. The topological polar surface area (TPSA) is 20.2 Å². The van der Waals surface area contributed by atoms with Gasteiger partial charge in [0.05, 0.1) is 6.10 Å². The minimum Gasteiger partial charge on any atom is -0.393 e. The molecule has 4 aliphatic rings. The van der Waals surface area contributed by atoms with Crippen LogP contribution in [-0.2, 0) is 0 Å². The van der Waals surface area contributed by atoms with E-state index in [-0.39, 0.29) is 6.10 Å². The van der Waals surface area contributed by atoms with E-state index in [0.717, 1.165) is 42.4 Å². The lowest BCUT2D eigenvalue weighted by Crippen LogP contribution is -2.50. The van der Waals surface area contributed by atoms with Crippen LogP contribution in [0.25, 0.3) is 0 Å². The lowest BCUT2D eigenvalue weighted by atomic mass is 9.47. The Bertz CT molecular complexity index is 565. The molecule has 0 aromatic heterocycles. The minimum absolute atomic E-state index is 0.0745. The zero-order valence-electron chi connectivity index (χ0n) is 18.5. The Morgan fingerprint density at radius 1 is 1.07 bits per heavy atom. The second-order valence-corrected chi connectivity index (χ2v) is 11.4. The van der Waals surface area contributed by atoms with Crippen LogP contribution in [0.1, 0.15) is 105 Å². The van der Waals surface area contributed by atoms with Gasteiger partial charge >= 0.3 is 0 Å². The molecule has 3 saturated carbocycles. The zero-order valence-corrected chi connectivity index (χ0v) is 18.5. The second kappa shape index (κ2) is 7.51. The molecule has 0 bridgehead atoms. The van der Waals surface area contributed by atoms with E-state index in [0.29, 0.717) is 10.8 Å². The third-order valence-electron chi connectivity index (χ3n) is 10.1. The van der Waals surface area contributed by atoms with Crippen molar-refractivity contribution < 1.29 is 5.11 Å². The summed E-state index contributed by atoms with van der Waals surface area (Å²) in [5, 5.41) is 10.2. The molecule has 4 rings (SSSR count). The van der Waals surface area contributed by atoms with Gasteiger partial charge in [-0.1, -0.05) is 65.0 Å². The number of rotatable bonds is 5. The number of hydrogen-bond donors (Lipinski definition) is 1. The third-order valence-corrected chi connectivity index (χ3v) is 10.1. The van der Waals surface area contributed by atoms with Crippen molar-refractivity contribution in [3.05, 3.63) is 11.6 Å². The van der Waals surface area contributed by atoms with Crippen LogP contribution in [0.2, 0.25) is 0 Å². The van der Waals surface area contributed by atoms with Gasteiger partial charge in [-0.2, -0.15) is 0 Å². The summed E-state index contributed by atoms with van der Waals surface area (Å²) < 4.78 is 0. The van der Waals surface area contributed by atoms with E-state index in [9.17, 15) is 5.11 Å². The van der Waals surface area contributed by atoms with E-state index >= 15 is 0 Å². The van der Waals surface area contributed by atoms with Crippen LogP contribution in [0, 0.1) is 40.4 Å². The van der Waals surface area contributed by atoms with Crippen molar-refractivity contribution >= 4 is 0 Å². The van der Waals surface area contributed by atoms with Crippen LogP contribution < -0.4 is 0 Å². The Morgan fingerprint density at radius 3 is 2.67 bits per heavy atom. The average Bonchev–Trinajstić information content (AvgIpc) is 3.00. The molecule has 0 aromatic rings. The van der Waals surface area contributed by atoms with E-state index in [1.165, 1.54) is 64.2 Å². The number of allylic oxidation sites excluding steroid dienone is 1. The lowest BCUT2D eigenvalue weighted by Gasteiger charge is -2.58. The molecule has 0 aromatic carbocycles. The molecule has 1 nitrogen and oxygen atoms in total. The van der Waals surface area contributed by atoms with E-state index < -0.39 is 0 Å². The van der Waals surface area contributed by atoms with E-state index in [1.54, 1.807) is 5.57 Å². The van der Waals surface area contributed by atoms with Crippen molar-refractivity contribution in [2.24, 2.45) is 40.4 Å². The molecule has 1 heteroatoms. The molecule has 0 saturated heterocycles. The quantitative estimate of drug-likeness (QED) is 0.401. The average molecular weight is 373 g/mol. The van der Waals surface area contributed by atoms with Crippen molar-refractivity contribution in [2.75, 3.05) is 0 Å². The first kappa shape index (κ1) is 20.0. The maximum atomic E-state index is 10.2. The largest absolute Gasteiger partial charge is 0.393 e. The number of aliphatic hydroxyl groups is 1.